The van der Waals surface area contributed by atoms with Crippen LogP contribution in [0.3, 0.4) is 0 Å². The molecule has 96 valence electrons. The molecule has 0 atom stereocenters. The molecular formula is C13H13N5O. The van der Waals surface area contributed by atoms with E-state index in [1.807, 2.05) is 29.3 Å². The molecule has 0 aromatic carbocycles. The average Bonchev–Trinajstić information content (AvgIpc) is 2.92. The largest absolute Gasteiger partial charge is 0.366 e. The fourth-order valence-corrected chi connectivity index (χ4v) is 1.38. The van der Waals surface area contributed by atoms with Gasteiger partial charge < -0.3 is 15.6 Å². The van der Waals surface area contributed by atoms with Crippen molar-refractivity contribution in [3.05, 3.63) is 67.2 Å². The van der Waals surface area contributed by atoms with Gasteiger partial charge >= 0.3 is 0 Å². The Morgan fingerprint density at radius 3 is 2.79 bits per heavy atom. The van der Waals surface area contributed by atoms with Crippen molar-refractivity contribution >= 4 is 11.7 Å². The van der Waals surface area contributed by atoms with Gasteiger partial charge in [-0.1, -0.05) is 6.08 Å². The summed E-state index contributed by atoms with van der Waals surface area (Å²) in [5, 5.41) is 0. The maximum Gasteiger partial charge on any atom is 0.250 e. The third-order valence-corrected chi connectivity index (χ3v) is 2.31. The summed E-state index contributed by atoms with van der Waals surface area (Å²) in [6.45, 7) is 0. The number of primary amides is 1. The highest BCUT2D eigenvalue weighted by Gasteiger charge is 2.09. The van der Waals surface area contributed by atoms with Crippen LogP contribution in [0.2, 0.25) is 0 Å². The molecule has 0 radical (unpaired) electrons. The summed E-state index contributed by atoms with van der Waals surface area (Å²) >= 11 is 0. The number of nitrogens with one attached hydrogen (secondary N) is 1. The average molecular weight is 255 g/mol. The zero-order valence-corrected chi connectivity index (χ0v) is 10.1. The lowest BCUT2D eigenvalue weighted by Crippen LogP contribution is -2.18. The van der Waals surface area contributed by atoms with Crippen molar-refractivity contribution in [1.82, 2.24) is 14.9 Å². The fraction of sp³-hybridized carbons (Fsp3) is 0. The van der Waals surface area contributed by atoms with Crippen LogP contribution in [-0.4, -0.2) is 26.6 Å². The molecule has 3 rings (SSSR count). The third kappa shape index (κ3) is 3.53. The molecule has 19 heavy (non-hydrogen) atoms. The second kappa shape index (κ2) is 6.15. The number of amides is 1. The monoisotopic (exact) mass is 255 g/mol. The van der Waals surface area contributed by atoms with Crippen LogP contribution in [0.5, 0.6) is 0 Å². The molecule has 0 saturated carbocycles. The van der Waals surface area contributed by atoms with E-state index in [2.05, 4.69) is 15.0 Å². The molecule has 0 saturated heterocycles. The normalized spacial score (nSPS) is 15.7. The van der Waals surface area contributed by atoms with E-state index in [9.17, 15) is 4.79 Å². The summed E-state index contributed by atoms with van der Waals surface area (Å²) in [7, 11) is 0. The zero-order valence-electron chi connectivity index (χ0n) is 10.1. The standard InChI is InChI=1S/C10H9N3O.C3H4N2/c11-10(14)8-4-6-13-5-2-1-3-9(13)12-7-8;1-2-5-3-4-1/h1-7H,(H2,11,14);1-3H,(H,4,5). The number of aliphatic imine (C=N–C) groups is 1. The van der Waals surface area contributed by atoms with Crippen LogP contribution in [0.1, 0.15) is 0 Å². The van der Waals surface area contributed by atoms with Crippen molar-refractivity contribution in [2.75, 3.05) is 0 Å². The van der Waals surface area contributed by atoms with E-state index in [4.69, 9.17) is 5.73 Å². The lowest BCUT2D eigenvalue weighted by Gasteiger charge is -2.15. The molecule has 6 heteroatoms. The number of carbonyl (C=O) groups is 1. The number of H-pyrrole nitrogens is 1. The highest BCUT2D eigenvalue weighted by atomic mass is 16.1. The minimum atomic E-state index is -0.474. The molecule has 1 aromatic rings. The predicted molar refractivity (Wildman–Crippen MR) is 72.6 cm³/mol. The summed E-state index contributed by atoms with van der Waals surface area (Å²) in [6, 6.07) is 0. The first-order chi connectivity index (χ1) is 9.27. The molecule has 3 N–H and O–H groups in total. The van der Waals surface area contributed by atoms with E-state index in [1.165, 1.54) is 6.20 Å². The van der Waals surface area contributed by atoms with Gasteiger partial charge in [0.2, 0.25) is 5.91 Å². The number of aromatic nitrogens is 2. The van der Waals surface area contributed by atoms with Crippen molar-refractivity contribution in [2.24, 2.45) is 10.7 Å². The first kappa shape index (κ1) is 12.6. The lowest BCUT2D eigenvalue weighted by atomic mass is 10.3. The first-order valence-corrected chi connectivity index (χ1v) is 5.59. The topological polar surface area (TPSA) is 87.4 Å². The van der Waals surface area contributed by atoms with Crippen molar-refractivity contribution in [3.8, 4) is 0 Å². The Labute approximate surface area is 110 Å². The van der Waals surface area contributed by atoms with Crippen LogP contribution in [0.15, 0.2) is 72.2 Å². The second-order valence-electron chi connectivity index (χ2n) is 3.62. The van der Waals surface area contributed by atoms with Gasteiger partial charge in [0.05, 0.1) is 11.9 Å². The van der Waals surface area contributed by atoms with Gasteiger partial charge in [0.1, 0.15) is 5.84 Å². The molecule has 3 heterocycles. The third-order valence-electron chi connectivity index (χ3n) is 2.31. The van der Waals surface area contributed by atoms with Crippen LogP contribution < -0.4 is 5.73 Å². The van der Waals surface area contributed by atoms with Crippen LogP contribution in [0, 0.1) is 0 Å². The number of hydrogen-bond donors (Lipinski definition) is 2. The summed E-state index contributed by atoms with van der Waals surface area (Å²) in [6.07, 6.45) is 17.4. The first-order valence-electron chi connectivity index (χ1n) is 5.59. The number of rotatable bonds is 1. The number of carbonyl (C=O) groups excluding carboxylic acids is 1. The van der Waals surface area contributed by atoms with Gasteiger partial charge in [-0.05, 0) is 18.2 Å². The van der Waals surface area contributed by atoms with Crippen LogP contribution >= 0.6 is 0 Å². The molecule has 1 aromatic heterocycles. The van der Waals surface area contributed by atoms with E-state index < -0.39 is 5.91 Å². The maximum atomic E-state index is 10.9. The number of nitrogens with two attached hydrogens (primary N) is 1. The number of imidazole rings is 1. The van der Waals surface area contributed by atoms with Gasteiger partial charge in [-0.25, -0.2) is 9.98 Å². The molecule has 0 aliphatic carbocycles. The summed E-state index contributed by atoms with van der Waals surface area (Å²) < 4.78 is 0. The van der Waals surface area contributed by atoms with Gasteiger partial charge in [0.15, 0.2) is 0 Å². The molecule has 0 fully saturated rings. The second-order valence-corrected chi connectivity index (χ2v) is 3.62. The maximum absolute atomic E-state index is 10.9. The van der Waals surface area contributed by atoms with Crippen LogP contribution in [-0.2, 0) is 4.79 Å². The van der Waals surface area contributed by atoms with E-state index in [-0.39, 0.29) is 0 Å². The Bertz CT molecular complexity index is 561. The van der Waals surface area contributed by atoms with E-state index in [0.29, 0.717) is 5.57 Å². The summed E-state index contributed by atoms with van der Waals surface area (Å²) in [5.74, 6) is 0.290. The molecule has 6 nitrogen and oxygen atoms in total. The van der Waals surface area contributed by atoms with Crippen molar-refractivity contribution in [2.45, 2.75) is 0 Å². The molecule has 2 aliphatic rings. The smallest absolute Gasteiger partial charge is 0.250 e. The number of nitrogens with zero attached hydrogens (tertiary/aromatic N) is 3. The van der Waals surface area contributed by atoms with Gasteiger partial charge in [-0.3, -0.25) is 4.79 Å². The van der Waals surface area contributed by atoms with E-state index >= 15 is 0 Å². The Morgan fingerprint density at radius 2 is 2.16 bits per heavy atom. The van der Waals surface area contributed by atoms with Crippen molar-refractivity contribution in [1.29, 1.82) is 0 Å². The quantitative estimate of drug-likeness (QED) is 0.787. The van der Waals surface area contributed by atoms with Crippen molar-refractivity contribution in [3.63, 3.8) is 0 Å². The molecule has 2 aliphatic heterocycles. The Kier molecular flexibility index (Phi) is 4.07. The molecule has 0 spiro atoms. The van der Waals surface area contributed by atoms with E-state index in [1.54, 1.807) is 31.0 Å². The Balaban J connectivity index is 0.000000224. The molecule has 1 amide bonds. The zero-order chi connectivity index (χ0) is 13.5. The number of amidine groups is 1. The van der Waals surface area contributed by atoms with Gasteiger partial charge in [0.25, 0.3) is 0 Å². The molecular weight excluding hydrogens is 242 g/mol. The van der Waals surface area contributed by atoms with Crippen LogP contribution in [0.25, 0.3) is 0 Å². The number of fused-ring (bicyclic) bond motifs is 1. The SMILES string of the molecule is NC(=O)C1=CN=C2C=CC=CN2C=C1.c1c[nH]cn1. The van der Waals surface area contributed by atoms with Gasteiger partial charge in [0, 0.05) is 31.0 Å². The number of aromatic amines is 1. The van der Waals surface area contributed by atoms with Gasteiger partial charge in [-0.15, -0.1) is 0 Å². The highest BCUT2D eigenvalue weighted by molar-refractivity contribution is 5.99. The fourth-order valence-electron chi connectivity index (χ4n) is 1.38. The Hall–Kier alpha value is -2.89. The molecule has 0 bridgehead atoms. The number of allylic oxidation sites excluding steroid dienone is 2. The number of hydrogen-bond acceptors (Lipinski definition) is 4. The lowest BCUT2D eigenvalue weighted by molar-refractivity contribution is -0.114. The highest BCUT2D eigenvalue weighted by Crippen LogP contribution is 2.10. The predicted octanol–water partition coefficient (Wildman–Crippen LogP) is 1.08. The summed E-state index contributed by atoms with van der Waals surface area (Å²) in [5.41, 5.74) is 5.54. The van der Waals surface area contributed by atoms with Crippen molar-refractivity contribution < 1.29 is 4.79 Å². The minimum absolute atomic E-state index is 0.397. The van der Waals surface area contributed by atoms with Gasteiger partial charge in [-0.2, -0.15) is 0 Å². The minimum Gasteiger partial charge on any atom is -0.366 e. The van der Waals surface area contributed by atoms with E-state index in [0.717, 1.165) is 5.84 Å². The molecule has 0 unspecified atom stereocenters. The van der Waals surface area contributed by atoms with Crippen LogP contribution in [0.4, 0.5) is 0 Å². The Morgan fingerprint density at radius 1 is 1.26 bits per heavy atom. The summed E-state index contributed by atoms with van der Waals surface area (Å²) in [4.78, 5) is 23.2.